The number of hydrogen-bond donors (Lipinski definition) is 1. The summed E-state index contributed by atoms with van der Waals surface area (Å²) in [6.45, 7) is 5.46. The van der Waals surface area contributed by atoms with Gasteiger partial charge in [0.25, 0.3) is 0 Å². The number of nitrogens with one attached hydrogen (secondary N) is 1. The molecule has 0 bridgehead atoms. The van der Waals surface area contributed by atoms with Gasteiger partial charge in [0, 0.05) is 30.8 Å². The van der Waals surface area contributed by atoms with Crippen molar-refractivity contribution in [1.82, 2.24) is 20.1 Å². The highest BCUT2D eigenvalue weighted by molar-refractivity contribution is 5.82. The van der Waals surface area contributed by atoms with E-state index in [9.17, 15) is 4.79 Å². The van der Waals surface area contributed by atoms with Crippen LogP contribution in [0.5, 0.6) is 0 Å². The van der Waals surface area contributed by atoms with Crippen LogP contribution in [0.2, 0.25) is 0 Å². The Hall–Kier alpha value is -2.11. The molecular formula is C15H20N4O2. The summed E-state index contributed by atoms with van der Waals surface area (Å²) < 4.78 is 7.33. The van der Waals surface area contributed by atoms with Crippen molar-refractivity contribution >= 4 is 5.91 Å². The number of furan rings is 1. The summed E-state index contributed by atoms with van der Waals surface area (Å²) in [5.41, 5.74) is 0. The van der Waals surface area contributed by atoms with Crippen LogP contribution in [0.15, 0.2) is 29.1 Å². The summed E-state index contributed by atoms with van der Waals surface area (Å²) in [4.78, 5) is 12.1. The topological polar surface area (TPSA) is 73.0 Å². The van der Waals surface area contributed by atoms with Gasteiger partial charge in [-0.1, -0.05) is 13.8 Å². The van der Waals surface area contributed by atoms with Crippen molar-refractivity contribution in [2.45, 2.75) is 38.6 Å². The molecule has 6 heteroatoms. The Morgan fingerprint density at radius 3 is 3.14 bits per heavy atom. The summed E-state index contributed by atoms with van der Waals surface area (Å²) >= 11 is 0. The fourth-order valence-corrected chi connectivity index (χ4v) is 2.62. The van der Waals surface area contributed by atoms with Gasteiger partial charge in [0.05, 0.1) is 6.26 Å². The van der Waals surface area contributed by atoms with Gasteiger partial charge in [0.1, 0.15) is 17.9 Å². The lowest BCUT2D eigenvalue weighted by Gasteiger charge is -2.09. The lowest BCUT2D eigenvalue weighted by atomic mass is 10.2. The molecule has 1 N–H and O–H groups in total. The standard InChI is InChI=1S/C15H20N4O2/c1-10(2)14-18-17-9-19(14)6-5-16-15(20)12-8-11(12)13-4-3-7-21-13/h3-4,7,9-12H,5-6,8H2,1-2H3,(H,16,20)/t11-,12-/m1/s1. The van der Waals surface area contributed by atoms with Crippen LogP contribution in [0.3, 0.4) is 0 Å². The van der Waals surface area contributed by atoms with Crippen LogP contribution in [-0.4, -0.2) is 27.2 Å². The fraction of sp³-hybridized carbons (Fsp3) is 0.533. The van der Waals surface area contributed by atoms with Crippen LogP contribution in [0.1, 0.15) is 43.7 Å². The Morgan fingerprint density at radius 2 is 2.43 bits per heavy atom. The SMILES string of the molecule is CC(C)c1nncn1CCNC(=O)[C@@H]1C[C@H]1c1ccco1. The van der Waals surface area contributed by atoms with Gasteiger partial charge in [0.15, 0.2) is 0 Å². The van der Waals surface area contributed by atoms with Crippen LogP contribution in [-0.2, 0) is 11.3 Å². The van der Waals surface area contributed by atoms with Crippen LogP contribution < -0.4 is 5.32 Å². The van der Waals surface area contributed by atoms with E-state index in [-0.39, 0.29) is 17.7 Å². The summed E-state index contributed by atoms with van der Waals surface area (Å²) in [5, 5.41) is 11.0. The molecule has 6 nitrogen and oxygen atoms in total. The third-order valence-electron chi connectivity index (χ3n) is 3.85. The number of carbonyl (C=O) groups excluding carboxylic acids is 1. The molecule has 1 saturated carbocycles. The summed E-state index contributed by atoms with van der Waals surface area (Å²) in [6, 6.07) is 3.80. The predicted molar refractivity (Wildman–Crippen MR) is 76.7 cm³/mol. The molecule has 21 heavy (non-hydrogen) atoms. The van der Waals surface area contributed by atoms with Crippen molar-refractivity contribution in [2.75, 3.05) is 6.54 Å². The van der Waals surface area contributed by atoms with E-state index >= 15 is 0 Å². The molecule has 2 aromatic rings. The molecule has 2 heterocycles. The Kier molecular flexibility index (Phi) is 3.77. The minimum atomic E-state index is 0.0571. The number of carbonyl (C=O) groups is 1. The monoisotopic (exact) mass is 288 g/mol. The first-order valence-corrected chi connectivity index (χ1v) is 7.35. The normalized spacial score (nSPS) is 20.7. The molecule has 0 radical (unpaired) electrons. The minimum absolute atomic E-state index is 0.0571. The molecule has 0 unspecified atom stereocenters. The third-order valence-corrected chi connectivity index (χ3v) is 3.85. The Morgan fingerprint density at radius 1 is 1.57 bits per heavy atom. The number of hydrogen-bond acceptors (Lipinski definition) is 4. The van der Waals surface area contributed by atoms with Gasteiger partial charge in [-0.15, -0.1) is 10.2 Å². The zero-order chi connectivity index (χ0) is 14.8. The largest absolute Gasteiger partial charge is 0.469 e. The molecule has 2 aromatic heterocycles. The lowest BCUT2D eigenvalue weighted by molar-refractivity contribution is -0.122. The van der Waals surface area contributed by atoms with Gasteiger partial charge in [0.2, 0.25) is 5.91 Å². The quantitative estimate of drug-likeness (QED) is 0.881. The zero-order valence-corrected chi connectivity index (χ0v) is 12.3. The molecule has 1 fully saturated rings. The number of amides is 1. The second kappa shape index (κ2) is 5.71. The van der Waals surface area contributed by atoms with Gasteiger partial charge >= 0.3 is 0 Å². The highest BCUT2D eigenvalue weighted by Gasteiger charge is 2.45. The summed E-state index contributed by atoms with van der Waals surface area (Å²) in [7, 11) is 0. The third kappa shape index (κ3) is 2.99. The molecule has 0 saturated heterocycles. The average molecular weight is 288 g/mol. The molecule has 0 spiro atoms. The first-order chi connectivity index (χ1) is 10.2. The highest BCUT2D eigenvalue weighted by atomic mass is 16.3. The molecule has 2 atom stereocenters. The minimum Gasteiger partial charge on any atom is -0.469 e. The first-order valence-electron chi connectivity index (χ1n) is 7.35. The van der Waals surface area contributed by atoms with Gasteiger partial charge in [-0.05, 0) is 18.6 Å². The van der Waals surface area contributed by atoms with Crippen LogP contribution >= 0.6 is 0 Å². The first kappa shape index (κ1) is 13.9. The molecule has 1 amide bonds. The van der Waals surface area contributed by atoms with Gasteiger partial charge in [-0.2, -0.15) is 0 Å². The fourth-order valence-electron chi connectivity index (χ4n) is 2.62. The van der Waals surface area contributed by atoms with E-state index in [0.29, 0.717) is 19.0 Å². The summed E-state index contributed by atoms with van der Waals surface area (Å²) in [5.74, 6) is 2.61. The van der Waals surface area contributed by atoms with E-state index in [1.54, 1.807) is 12.6 Å². The predicted octanol–water partition coefficient (Wildman–Crippen LogP) is 1.91. The highest BCUT2D eigenvalue weighted by Crippen LogP contribution is 2.47. The maximum Gasteiger partial charge on any atom is 0.223 e. The van der Waals surface area contributed by atoms with E-state index in [4.69, 9.17) is 4.42 Å². The van der Waals surface area contributed by atoms with Crippen LogP contribution in [0.25, 0.3) is 0 Å². The van der Waals surface area contributed by atoms with Crippen molar-refractivity contribution in [3.8, 4) is 0 Å². The maximum atomic E-state index is 12.1. The van der Waals surface area contributed by atoms with Gasteiger partial charge in [-0.25, -0.2) is 0 Å². The average Bonchev–Trinajstić information content (AvgIpc) is 2.90. The van der Waals surface area contributed by atoms with E-state index in [2.05, 4.69) is 29.4 Å². The Labute approximate surface area is 123 Å². The Bertz CT molecular complexity index is 603. The van der Waals surface area contributed by atoms with Crippen LogP contribution in [0, 0.1) is 5.92 Å². The zero-order valence-electron chi connectivity index (χ0n) is 12.3. The van der Waals surface area contributed by atoms with Crippen molar-refractivity contribution in [2.24, 2.45) is 5.92 Å². The lowest BCUT2D eigenvalue weighted by Crippen LogP contribution is -2.29. The molecule has 0 aromatic carbocycles. The second-order valence-electron chi connectivity index (χ2n) is 5.79. The van der Waals surface area contributed by atoms with Crippen molar-refractivity contribution in [1.29, 1.82) is 0 Å². The van der Waals surface area contributed by atoms with Gasteiger partial charge < -0.3 is 14.3 Å². The maximum absolute atomic E-state index is 12.1. The van der Waals surface area contributed by atoms with Crippen molar-refractivity contribution in [3.05, 3.63) is 36.3 Å². The van der Waals surface area contributed by atoms with Gasteiger partial charge in [-0.3, -0.25) is 4.79 Å². The smallest absolute Gasteiger partial charge is 0.223 e. The van der Waals surface area contributed by atoms with Crippen molar-refractivity contribution < 1.29 is 9.21 Å². The second-order valence-corrected chi connectivity index (χ2v) is 5.79. The van der Waals surface area contributed by atoms with E-state index in [0.717, 1.165) is 18.0 Å². The molecule has 3 rings (SSSR count). The molecule has 1 aliphatic carbocycles. The Balaban J connectivity index is 1.46. The molecule has 0 aliphatic heterocycles. The number of aromatic nitrogens is 3. The molecule has 1 aliphatic rings. The van der Waals surface area contributed by atoms with E-state index in [1.165, 1.54) is 0 Å². The number of nitrogens with zero attached hydrogens (tertiary/aromatic N) is 3. The van der Waals surface area contributed by atoms with E-state index < -0.39 is 0 Å². The number of rotatable bonds is 6. The van der Waals surface area contributed by atoms with Crippen molar-refractivity contribution in [3.63, 3.8) is 0 Å². The van der Waals surface area contributed by atoms with Crippen LogP contribution in [0.4, 0.5) is 0 Å². The molecular weight excluding hydrogens is 268 g/mol. The molecule has 112 valence electrons. The summed E-state index contributed by atoms with van der Waals surface area (Å²) in [6.07, 6.45) is 4.25. The van der Waals surface area contributed by atoms with E-state index in [1.807, 2.05) is 16.7 Å².